The maximum atomic E-state index is 10.2. The number of rotatable bonds is 6. The van der Waals surface area contributed by atoms with Crippen LogP contribution in [-0.4, -0.2) is 24.2 Å². The van der Waals surface area contributed by atoms with E-state index in [4.69, 9.17) is 21.3 Å². The lowest BCUT2D eigenvalue weighted by Gasteiger charge is -2.35. The Morgan fingerprint density at radius 2 is 1.86 bits per heavy atom. The van der Waals surface area contributed by atoms with Crippen LogP contribution in [0.1, 0.15) is 29.5 Å². The average molecular weight is 483 g/mol. The Balaban J connectivity index is 1.46. The first-order valence-electron chi connectivity index (χ1n) is 11.9. The summed E-state index contributed by atoms with van der Waals surface area (Å²) in [5.74, 6) is 1.48. The van der Waals surface area contributed by atoms with Gasteiger partial charge in [-0.3, -0.25) is 0 Å². The third kappa shape index (κ3) is 5.18. The number of nitrogens with zero attached hydrogens (tertiary/aromatic N) is 3. The second-order valence-corrected chi connectivity index (χ2v) is 9.37. The molecule has 0 radical (unpaired) electrons. The van der Waals surface area contributed by atoms with Crippen molar-refractivity contribution >= 4 is 34.0 Å². The van der Waals surface area contributed by atoms with Crippen LogP contribution in [0.4, 0.5) is 11.5 Å². The summed E-state index contributed by atoms with van der Waals surface area (Å²) in [5, 5.41) is 15.3. The number of hydrogen-bond donors (Lipinski definition) is 1. The Kier molecular flexibility index (Phi) is 6.74. The van der Waals surface area contributed by atoms with Crippen molar-refractivity contribution in [3.05, 3.63) is 94.5 Å². The molecule has 1 saturated heterocycles. The molecule has 1 aromatic heterocycles. The van der Waals surface area contributed by atoms with Crippen molar-refractivity contribution in [2.75, 3.05) is 23.3 Å². The van der Waals surface area contributed by atoms with E-state index in [0.717, 1.165) is 47.3 Å². The van der Waals surface area contributed by atoms with Gasteiger partial charge in [0.05, 0.1) is 17.7 Å². The summed E-state index contributed by atoms with van der Waals surface area (Å²) >= 11 is 6.03. The van der Waals surface area contributed by atoms with Crippen molar-refractivity contribution in [3.63, 3.8) is 0 Å². The molecule has 0 bridgehead atoms. The first-order chi connectivity index (χ1) is 17.1. The van der Waals surface area contributed by atoms with Crippen LogP contribution in [0.5, 0.6) is 5.75 Å². The van der Waals surface area contributed by atoms with Gasteiger partial charge in [0.1, 0.15) is 29.3 Å². The third-order valence-electron chi connectivity index (χ3n) is 6.37. The van der Waals surface area contributed by atoms with E-state index in [1.54, 1.807) is 0 Å². The number of aromatic nitrogens is 1. The fourth-order valence-electron chi connectivity index (χ4n) is 4.59. The Morgan fingerprint density at radius 1 is 1.09 bits per heavy atom. The van der Waals surface area contributed by atoms with Gasteiger partial charge in [0.25, 0.3) is 0 Å². The minimum atomic E-state index is 0.0513. The number of hydrogen-bond acceptors (Lipinski definition) is 5. The van der Waals surface area contributed by atoms with E-state index in [0.29, 0.717) is 29.5 Å². The average Bonchev–Trinajstić information content (AvgIpc) is 2.89. The smallest absolute Gasteiger partial charge is 0.147 e. The predicted molar refractivity (Wildman–Crippen MR) is 142 cm³/mol. The van der Waals surface area contributed by atoms with Crippen molar-refractivity contribution < 1.29 is 4.74 Å². The molecule has 1 atom stereocenters. The zero-order valence-electron chi connectivity index (χ0n) is 19.7. The van der Waals surface area contributed by atoms with Crippen LogP contribution in [-0.2, 0) is 6.54 Å². The van der Waals surface area contributed by atoms with Gasteiger partial charge in [-0.2, -0.15) is 5.26 Å². The molecule has 1 fully saturated rings. The molecule has 1 N–H and O–H groups in total. The van der Waals surface area contributed by atoms with Crippen molar-refractivity contribution in [2.24, 2.45) is 0 Å². The number of pyridine rings is 1. The summed E-state index contributed by atoms with van der Waals surface area (Å²) in [7, 11) is 0. The number of piperidine rings is 1. The van der Waals surface area contributed by atoms with Crippen molar-refractivity contribution in [3.8, 4) is 11.8 Å². The van der Waals surface area contributed by atoms with Crippen LogP contribution < -0.4 is 15.0 Å². The fourth-order valence-corrected chi connectivity index (χ4v) is 4.72. The Labute approximate surface area is 210 Å². The number of ether oxygens (including phenoxy) is 1. The van der Waals surface area contributed by atoms with Crippen LogP contribution in [0.15, 0.2) is 72.8 Å². The molecule has 2 heterocycles. The number of aryl methyl sites for hydroxylation is 1. The quantitative estimate of drug-likeness (QED) is 0.330. The summed E-state index contributed by atoms with van der Waals surface area (Å²) in [5.41, 5.74) is 4.63. The van der Waals surface area contributed by atoms with Crippen molar-refractivity contribution in [2.45, 2.75) is 32.4 Å². The summed E-state index contributed by atoms with van der Waals surface area (Å²) in [6, 6.07) is 26.3. The number of nitriles is 1. The van der Waals surface area contributed by atoms with Gasteiger partial charge >= 0.3 is 0 Å². The van der Waals surface area contributed by atoms with Gasteiger partial charge in [-0.1, -0.05) is 59.6 Å². The first-order valence-corrected chi connectivity index (χ1v) is 12.3. The molecule has 0 aliphatic carbocycles. The Bertz CT molecular complexity index is 1360. The molecule has 1 unspecified atom stereocenters. The van der Waals surface area contributed by atoms with E-state index in [1.165, 1.54) is 5.56 Å². The lowest BCUT2D eigenvalue weighted by Crippen LogP contribution is -2.41. The maximum Gasteiger partial charge on any atom is 0.147 e. The standard InChI is InChI=1S/C29H27ClN4O/c1-20-8-14-23(15-9-20)35-24-5-4-16-34(19-24)28-25-6-2-3-7-27(25)33-29(26(28)17-31)32-18-21-10-12-22(30)13-11-21/h2-3,6-15,24H,4-5,16,18-19H2,1H3,(H,32,33). The number of halogens is 1. The molecule has 4 aromatic rings. The number of nitrogens with one attached hydrogen (secondary N) is 1. The summed E-state index contributed by atoms with van der Waals surface area (Å²) in [4.78, 5) is 7.10. The van der Waals surface area contributed by atoms with Crippen LogP contribution >= 0.6 is 11.6 Å². The third-order valence-corrected chi connectivity index (χ3v) is 6.62. The lowest BCUT2D eigenvalue weighted by molar-refractivity contribution is 0.179. The monoisotopic (exact) mass is 482 g/mol. The topological polar surface area (TPSA) is 61.2 Å². The van der Waals surface area contributed by atoms with Gasteiger partial charge in [-0.05, 0) is 55.7 Å². The SMILES string of the molecule is Cc1ccc(OC2CCCN(c3c(C#N)c(NCc4ccc(Cl)cc4)nc4ccccc34)C2)cc1. The van der Waals surface area contributed by atoms with Gasteiger partial charge in [0.2, 0.25) is 0 Å². The molecular formula is C29H27ClN4O. The zero-order chi connectivity index (χ0) is 24.2. The Morgan fingerprint density at radius 3 is 2.63 bits per heavy atom. The van der Waals surface area contributed by atoms with Gasteiger partial charge in [0, 0.05) is 23.5 Å². The molecule has 3 aromatic carbocycles. The molecule has 5 nitrogen and oxygen atoms in total. The summed E-state index contributed by atoms with van der Waals surface area (Å²) in [6.07, 6.45) is 2.03. The van der Waals surface area contributed by atoms with E-state index in [1.807, 2.05) is 60.7 Å². The molecule has 0 spiro atoms. The minimum absolute atomic E-state index is 0.0513. The van der Waals surface area contributed by atoms with Gasteiger partial charge in [-0.15, -0.1) is 0 Å². The molecule has 0 amide bonds. The second kappa shape index (κ2) is 10.2. The maximum absolute atomic E-state index is 10.2. The number of fused-ring (bicyclic) bond motifs is 1. The summed E-state index contributed by atoms with van der Waals surface area (Å²) < 4.78 is 6.33. The largest absolute Gasteiger partial charge is 0.489 e. The molecule has 1 aliphatic heterocycles. The first kappa shape index (κ1) is 23.0. The van der Waals surface area contributed by atoms with E-state index in [2.05, 4.69) is 35.3 Å². The zero-order valence-corrected chi connectivity index (χ0v) is 20.4. The van der Waals surface area contributed by atoms with Crippen LogP contribution in [0, 0.1) is 18.3 Å². The second-order valence-electron chi connectivity index (χ2n) is 8.93. The highest BCUT2D eigenvalue weighted by Crippen LogP contribution is 2.36. The Hall–Kier alpha value is -3.75. The number of anilines is 2. The molecule has 0 saturated carbocycles. The predicted octanol–water partition coefficient (Wildman–Crippen LogP) is 6.73. The normalized spacial score (nSPS) is 15.6. The molecule has 35 heavy (non-hydrogen) atoms. The van der Waals surface area contributed by atoms with Crippen LogP contribution in [0.25, 0.3) is 10.9 Å². The fraction of sp³-hybridized carbons (Fsp3) is 0.241. The van der Waals surface area contributed by atoms with Crippen LogP contribution in [0.2, 0.25) is 5.02 Å². The van der Waals surface area contributed by atoms with Gasteiger partial charge in [-0.25, -0.2) is 4.98 Å². The van der Waals surface area contributed by atoms with Gasteiger partial charge in [0.15, 0.2) is 0 Å². The molecule has 5 rings (SSSR count). The van der Waals surface area contributed by atoms with E-state index < -0.39 is 0 Å². The van der Waals surface area contributed by atoms with E-state index in [9.17, 15) is 5.26 Å². The van der Waals surface area contributed by atoms with E-state index >= 15 is 0 Å². The van der Waals surface area contributed by atoms with Crippen molar-refractivity contribution in [1.82, 2.24) is 4.98 Å². The molecule has 176 valence electrons. The van der Waals surface area contributed by atoms with Gasteiger partial charge < -0.3 is 15.0 Å². The molecule has 1 aliphatic rings. The highest BCUT2D eigenvalue weighted by atomic mass is 35.5. The van der Waals surface area contributed by atoms with E-state index in [-0.39, 0.29) is 6.10 Å². The highest BCUT2D eigenvalue weighted by Gasteiger charge is 2.27. The van der Waals surface area contributed by atoms with Crippen LogP contribution in [0.3, 0.4) is 0 Å². The molecular weight excluding hydrogens is 456 g/mol. The summed E-state index contributed by atoms with van der Waals surface area (Å²) in [6.45, 7) is 4.21. The molecule has 6 heteroatoms. The van der Waals surface area contributed by atoms with Crippen molar-refractivity contribution in [1.29, 1.82) is 5.26 Å². The lowest BCUT2D eigenvalue weighted by atomic mass is 10.0. The number of benzene rings is 3. The highest BCUT2D eigenvalue weighted by molar-refractivity contribution is 6.30. The minimum Gasteiger partial charge on any atom is -0.489 e. The number of para-hydroxylation sites is 1.